The van der Waals surface area contributed by atoms with Crippen LogP contribution in [-0.4, -0.2) is 23.8 Å². The molecule has 188 valence electrons. The molecule has 0 spiro atoms. The number of carbonyl (C=O) groups excluding carboxylic acids is 2. The van der Waals surface area contributed by atoms with Gasteiger partial charge < -0.3 is 15.0 Å². The summed E-state index contributed by atoms with van der Waals surface area (Å²) in [4.78, 5) is 29.2. The molecule has 0 aliphatic heterocycles. The van der Waals surface area contributed by atoms with Gasteiger partial charge >= 0.3 is 0 Å². The lowest BCUT2D eigenvalue weighted by Gasteiger charge is -2.32. The van der Waals surface area contributed by atoms with Crippen LogP contribution < -0.4 is 10.1 Å². The Morgan fingerprint density at radius 2 is 1.43 bits per heavy atom. The molecule has 0 saturated heterocycles. The van der Waals surface area contributed by atoms with Crippen LogP contribution in [0.15, 0.2) is 109 Å². The average Bonchev–Trinajstić information content (AvgIpc) is 2.94. The van der Waals surface area contributed by atoms with Crippen LogP contribution in [0.1, 0.15) is 28.3 Å². The van der Waals surface area contributed by atoms with E-state index < -0.39 is 6.04 Å². The molecule has 4 aromatic rings. The maximum Gasteiger partial charge on any atom is 0.247 e. The van der Waals surface area contributed by atoms with Crippen molar-refractivity contribution in [3.63, 3.8) is 0 Å². The molecule has 0 aliphatic carbocycles. The number of amides is 2. The summed E-state index contributed by atoms with van der Waals surface area (Å²) in [5.41, 5.74) is 3.35. The molecule has 5 nitrogen and oxygen atoms in total. The summed E-state index contributed by atoms with van der Waals surface area (Å²) in [6.45, 7) is 0.561. The fraction of sp³-hybridized carbons (Fsp3) is 0.161. The van der Waals surface area contributed by atoms with Gasteiger partial charge in [-0.25, -0.2) is 0 Å². The Bertz CT molecular complexity index is 1310. The summed E-state index contributed by atoms with van der Waals surface area (Å²) >= 11 is 6.04. The predicted octanol–water partition coefficient (Wildman–Crippen LogP) is 5.98. The molecule has 2 amide bonds. The van der Waals surface area contributed by atoms with Crippen molar-refractivity contribution in [3.8, 4) is 5.75 Å². The van der Waals surface area contributed by atoms with Crippen molar-refractivity contribution >= 4 is 23.4 Å². The first kappa shape index (κ1) is 26.0. The predicted molar refractivity (Wildman–Crippen MR) is 146 cm³/mol. The summed E-state index contributed by atoms with van der Waals surface area (Å²) in [5.74, 6) is 0.268. The zero-order chi connectivity index (χ0) is 26.0. The first-order valence-corrected chi connectivity index (χ1v) is 12.5. The van der Waals surface area contributed by atoms with Gasteiger partial charge in [0.1, 0.15) is 11.8 Å². The van der Waals surface area contributed by atoms with E-state index in [2.05, 4.69) is 5.32 Å². The monoisotopic (exact) mass is 512 g/mol. The zero-order valence-electron chi connectivity index (χ0n) is 20.6. The number of nitrogens with zero attached hydrogens (tertiary/aromatic N) is 1. The van der Waals surface area contributed by atoms with Crippen molar-refractivity contribution in [3.05, 3.63) is 136 Å². The number of carbonyl (C=O) groups is 2. The minimum Gasteiger partial charge on any atom is -0.496 e. The van der Waals surface area contributed by atoms with Crippen molar-refractivity contribution in [2.24, 2.45) is 0 Å². The van der Waals surface area contributed by atoms with Crippen molar-refractivity contribution < 1.29 is 14.3 Å². The highest BCUT2D eigenvalue weighted by atomic mass is 35.5. The lowest BCUT2D eigenvalue weighted by molar-refractivity contribution is -0.141. The Kier molecular flexibility index (Phi) is 8.95. The molecule has 0 radical (unpaired) electrons. The van der Waals surface area contributed by atoms with Gasteiger partial charge in [-0.1, -0.05) is 103 Å². The molecule has 0 saturated carbocycles. The van der Waals surface area contributed by atoms with Gasteiger partial charge in [0.05, 0.1) is 13.5 Å². The van der Waals surface area contributed by atoms with Crippen LogP contribution in [-0.2, 0) is 29.1 Å². The van der Waals surface area contributed by atoms with E-state index in [1.54, 1.807) is 24.1 Å². The second-order valence-electron chi connectivity index (χ2n) is 8.65. The Labute approximate surface area is 222 Å². The smallest absolute Gasteiger partial charge is 0.247 e. The molecule has 4 rings (SSSR count). The van der Waals surface area contributed by atoms with Gasteiger partial charge in [-0.2, -0.15) is 0 Å². The SMILES string of the molecule is COc1ccccc1CNC(=O)C(c1ccccc1)N(Cc1ccccc1)C(=O)Cc1ccc(Cl)cc1. The summed E-state index contributed by atoms with van der Waals surface area (Å²) in [6.07, 6.45) is 0.146. The number of para-hydroxylation sites is 1. The largest absolute Gasteiger partial charge is 0.496 e. The maximum absolute atomic E-state index is 13.8. The number of ether oxygens (including phenoxy) is 1. The van der Waals surface area contributed by atoms with E-state index in [4.69, 9.17) is 16.3 Å². The summed E-state index contributed by atoms with van der Waals surface area (Å²) < 4.78 is 5.44. The normalized spacial score (nSPS) is 11.4. The average molecular weight is 513 g/mol. The third-order valence-electron chi connectivity index (χ3n) is 6.11. The molecule has 0 fully saturated rings. The molecule has 4 aromatic carbocycles. The van der Waals surface area contributed by atoms with E-state index in [0.29, 0.717) is 10.8 Å². The number of rotatable bonds is 10. The molecular weight excluding hydrogens is 484 g/mol. The number of hydrogen-bond donors (Lipinski definition) is 1. The molecule has 0 aliphatic rings. The van der Waals surface area contributed by atoms with Gasteiger partial charge in [0.2, 0.25) is 11.8 Å². The fourth-order valence-electron chi connectivity index (χ4n) is 4.22. The minimum absolute atomic E-state index is 0.146. The highest BCUT2D eigenvalue weighted by Gasteiger charge is 2.31. The topological polar surface area (TPSA) is 58.6 Å². The Hall–Kier alpha value is -4.09. The van der Waals surface area contributed by atoms with Gasteiger partial charge in [-0.3, -0.25) is 9.59 Å². The third kappa shape index (κ3) is 6.99. The van der Waals surface area contributed by atoms with Gasteiger partial charge in [0.25, 0.3) is 0 Å². The molecule has 1 unspecified atom stereocenters. The van der Waals surface area contributed by atoms with E-state index >= 15 is 0 Å². The molecule has 1 N–H and O–H groups in total. The number of nitrogens with one attached hydrogen (secondary N) is 1. The summed E-state index contributed by atoms with van der Waals surface area (Å²) in [5, 5.41) is 3.64. The van der Waals surface area contributed by atoms with Gasteiger partial charge in [-0.05, 0) is 34.9 Å². The van der Waals surface area contributed by atoms with E-state index in [1.165, 1.54) is 0 Å². The van der Waals surface area contributed by atoms with Crippen molar-refractivity contribution in [2.45, 2.75) is 25.6 Å². The number of benzene rings is 4. The van der Waals surface area contributed by atoms with Crippen LogP contribution >= 0.6 is 11.6 Å². The Morgan fingerprint density at radius 3 is 2.11 bits per heavy atom. The van der Waals surface area contributed by atoms with E-state index in [1.807, 2.05) is 97.1 Å². The number of halogens is 1. The van der Waals surface area contributed by atoms with Crippen LogP contribution in [0.5, 0.6) is 5.75 Å². The maximum atomic E-state index is 13.8. The molecule has 37 heavy (non-hydrogen) atoms. The molecule has 1 atom stereocenters. The first-order chi connectivity index (χ1) is 18.0. The minimum atomic E-state index is -0.823. The van der Waals surface area contributed by atoms with Crippen molar-refractivity contribution in [1.82, 2.24) is 10.2 Å². The molecule has 0 bridgehead atoms. The lowest BCUT2D eigenvalue weighted by atomic mass is 10.0. The van der Waals surface area contributed by atoms with Gasteiger partial charge in [-0.15, -0.1) is 0 Å². The van der Waals surface area contributed by atoms with Crippen LogP contribution in [0.4, 0.5) is 0 Å². The standard InChI is InChI=1S/C31H29ClN2O3/c1-37-28-15-9-8-14-26(28)21-33-31(36)30(25-12-6-3-7-13-25)34(22-24-10-4-2-5-11-24)29(35)20-23-16-18-27(32)19-17-23/h2-19,30H,20-22H2,1H3,(H,33,36). The van der Waals surface area contributed by atoms with E-state index in [0.717, 1.165) is 22.3 Å². The van der Waals surface area contributed by atoms with Crippen LogP contribution in [0.2, 0.25) is 5.02 Å². The van der Waals surface area contributed by atoms with Gasteiger partial charge in [0.15, 0.2) is 0 Å². The van der Waals surface area contributed by atoms with E-state index in [-0.39, 0.29) is 31.3 Å². The van der Waals surface area contributed by atoms with Crippen molar-refractivity contribution in [2.75, 3.05) is 7.11 Å². The van der Waals surface area contributed by atoms with Crippen LogP contribution in [0.25, 0.3) is 0 Å². The van der Waals surface area contributed by atoms with Crippen LogP contribution in [0, 0.1) is 0 Å². The Morgan fingerprint density at radius 1 is 0.811 bits per heavy atom. The number of hydrogen-bond acceptors (Lipinski definition) is 3. The summed E-state index contributed by atoms with van der Waals surface area (Å²) in [7, 11) is 1.60. The lowest BCUT2D eigenvalue weighted by Crippen LogP contribution is -2.43. The van der Waals surface area contributed by atoms with Crippen molar-refractivity contribution in [1.29, 1.82) is 0 Å². The third-order valence-corrected chi connectivity index (χ3v) is 6.36. The second kappa shape index (κ2) is 12.7. The van der Waals surface area contributed by atoms with E-state index in [9.17, 15) is 9.59 Å². The zero-order valence-corrected chi connectivity index (χ0v) is 21.4. The highest BCUT2D eigenvalue weighted by Crippen LogP contribution is 2.26. The van der Waals surface area contributed by atoms with Gasteiger partial charge in [0, 0.05) is 23.7 Å². The Balaban J connectivity index is 1.66. The second-order valence-corrected chi connectivity index (χ2v) is 9.09. The summed E-state index contributed by atoms with van der Waals surface area (Å²) in [6, 6.07) is 33.0. The fourth-order valence-corrected chi connectivity index (χ4v) is 4.34. The molecular formula is C31H29ClN2O3. The molecule has 0 aromatic heterocycles. The number of methoxy groups -OCH3 is 1. The molecule has 6 heteroatoms. The highest BCUT2D eigenvalue weighted by molar-refractivity contribution is 6.30. The molecule has 0 heterocycles. The van der Waals surface area contributed by atoms with Crippen LogP contribution in [0.3, 0.4) is 0 Å². The quantitative estimate of drug-likeness (QED) is 0.284. The first-order valence-electron chi connectivity index (χ1n) is 12.1.